The van der Waals surface area contributed by atoms with Crippen molar-refractivity contribution < 1.29 is 14.2 Å². The van der Waals surface area contributed by atoms with Crippen LogP contribution in [0, 0.1) is 25.2 Å². The fourth-order valence-electron chi connectivity index (χ4n) is 2.08. The predicted molar refractivity (Wildman–Crippen MR) is 89.6 cm³/mol. The van der Waals surface area contributed by atoms with E-state index in [1.54, 1.807) is 12.1 Å². The van der Waals surface area contributed by atoms with Gasteiger partial charge in [-0.2, -0.15) is 5.26 Å². The van der Waals surface area contributed by atoms with Crippen LogP contribution in [0.5, 0.6) is 17.2 Å². The molecule has 0 heterocycles. The van der Waals surface area contributed by atoms with Crippen molar-refractivity contribution in [2.75, 3.05) is 20.3 Å². The van der Waals surface area contributed by atoms with Crippen LogP contribution in [0.1, 0.15) is 16.7 Å². The minimum Gasteiger partial charge on any atom is -0.493 e. The maximum absolute atomic E-state index is 8.94. The summed E-state index contributed by atoms with van der Waals surface area (Å²) < 4.78 is 16.6. The Morgan fingerprint density at radius 3 is 2.48 bits per heavy atom. The Kier molecular flexibility index (Phi) is 5.72. The molecule has 0 radical (unpaired) electrons. The molecule has 120 valence electrons. The van der Waals surface area contributed by atoms with Gasteiger partial charge in [0.05, 0.1) is 23.8 Å². The fourth-order valence-corrected chi connectivity index (χ4v) is 2.35. The number of nitriles is 1. The van der Waals surface area contributed by atoms with E-state index >= 15 is 0 Å². The molecule has 0 fully saturated rings. The number of benzene rings is 2. The molecule has 5 heteroatoms. The first-order valence-corrected chi connectivity index (χ1v) is 7.53. The SMILES string of the molecule is COc1cc(C#N)cc(Cl)c1OCCOc1cc(C)ccc1C. The third kappa shape index (κ3) is 4.30. The number of methoxy groups -OCH3 is 1. The van der Waals surface area contributed by atoms with Gasteiger partial charge in [0.1, 0.15) is 19.0 Å². The van der Waals surface area contributed by atoms with Crippen molar-refractivity contribution in [2.24, 2.45) is 0 Å². The highest BCUT2D eigenvalue weighted by atomic mass is 35.5. The number of aryl methyl sites for hydroxylation is 2. The lowest BCUT2D eigenvalue weighted by molar-refractivity contribution is 0.210. The van der Waals surface area contributed by atoms with Gasteiger partial charge in [-0.25, -0.2) is 0 Å². The maximum Gasteiger partial charge on any atom is 0.179 e. The van der Waals surface area contributed by atoms with Gasteiger partial charge in [0.15, 0.2) is 11.5 Å². The van der Waals surface area contributed by atoms with Gasteiger partial charge in [-0.15, -0.1) is 0 Å². The topological polar surface area (TPSA) is 51.5 Å². The van der Waals surface area contributed by atoms with Crippen LogP contribution >= 0.6 is 11.6 Å². The Labute approximate surface area is 141 Å². The van der Waals surface area contributed by atoms with E-state index in [-0.39, 0.29) is 0 Å². The van der Waals surface area contributed by atoms with E-state index in [1.165, 1.54) is 7.11 Å². The molecule has 0 amide bonds. The predicted octanol–water partition coefficient (Wildman–Crippen LogP) is 4.29. The monoisotopic (exact) mass is 331 g/mol. The molecule has 0 aliphatic heterocycles. The zero-order valence-corrected chi connectivity index (χ0v) is 14.1. The summed E-state index contributed by atoms with van der Waals surface area (Å²) in [5.41, 5.74) is 2.64. The summed E-state index contributed by atoms with van der Waals surface area (Å²) in [4.78, 5) is 0. The Morgan fingerprint density at radius 2 is 1.78 bits per heavy atom. The second-order valence-electron chi connectivity index (χ2n) is 5.07. The van der Waals surface area contributed by atoms with E-state index in [4.69, 9.17) is 31.1 Å². The highest BCUT2D eigenvalue weighted by molar-refractivity contribution is 6.32. The molecule has 23 heavy (non-hydrogen) atoms. The summed E-state index contributed by atoms with van der Waals surface area (Å²) in [5, 5.41) is 9.28. The molecule has 0 saturated heterocycles. The lowest BCUT2D eigenvalue weighted by atomic mass is 10.1. The first-order valence-electron chi connectivity index (χ1n) is 7.15. The number of halogens is 1. The zero-order valence-electron chi connectivity index (χ0n) is 13.4. The molecule has 0 spiro atoms. The molecule has 0 bridgehead atoms. The van der Waals surface area contributed by atoms with Crippen LogP contribution in [0.2, 0.25) is 5.02 Å². The summed E-state index contributed by atoms with van der Waals surface area (Å²) in [7, 11) is 1.51. The Morgan fingerprint density at radius 1 is 1.04 bits per heavy atom. The van der Waals surface area contributed by atoms with Crippen LogP contribution in [0.25, 0.3) is 0 Å². The molecule has 0 atom stereocenters. The molecular formula is C18H18ClNO3. The molecule has 2 aromatic rings. The maximum atomic E-state index is 8.94. The van der Waals surface area contributed by atoms with Crippen LogP contribution in [-0.4, -0.2) is 20.3 Å². The van der Waals surface area contributed by atoms with Crippen LogP contribution in [0.3, 0.4) is 0 Å². The largest absolute Gasteiger partial charge is 0.493 e. The first-order chi connectivity index (χ1) is 11.0. The minimum absolute atomic E-state index is 0.315. The van der Waals surface area contributed by atoms with Gasteiger partial charge in [0.25, 0.3) is 0 Å². The normalized spacial score (nSPS) is 10.0. The van der Waals surface area contributed by atoms with Crippen LogP contribution in [-0.2, 0) is 0 Å². The molecule has 0 saturated carbocycles. The average molecular weight is 332 g/mol. The molecular weight excluding hydrogens is 314 g/mol. The molecule has 0 aliphatic carbocycles. The number of hydrogen-bond acceptors (Lipinski definition) is 4. The van der Waals surface area contributed by atoms with Gasteiger partial charge >= 0.3 is 0 Å². The van der Waals surface area contributed by atoms with Crippen LogP contribution in [0.4, 0.5) is 0 Å². The first kappa shape index (κ1) is 17.0. The fraction of sp³-hybridized carbons (Fsp3) is 0.278. The number of hydrogen-bond donors (Lipinski definition) is 0. The average Bonchev–Trinajstić information content (AvgIpc) is 2.55. The Balaban J connectivity index is 1.99. The number of rotatable bonds is 6. The van der Waals surface area contributed by atoms with Crippen LogP contribution < -0.4 is 14.2 Å². The minimum atomic E-state index is 0.315. The van der Waals surface area contributed by atoms with Gasteiger partial charge in [-0.05, 0) is 37.1 Å². The van der Waals surface area contributed by atoms with Gasteiger partial charge in [-0.3, -0.25) is 0 Å². The summed E-state index contributed by atoms with van der Waals surface area (Å²) in [5.74, 6) is 1.69. The number of nitrogens with zero attached hydrogens (tertiary/aromatic N) is 1. The molecule has 0 aliphatic rings. The molecule has 4 nitrogen and oxygen atoms in total. The van der Waals surface area contributed by atoms with Crippen molar-refractivity contribution >= 4 is 11.6 Å². The Hall–Kier alpha value is -2.38. The molecule has 0 N–H and O–H groups in total. The van der Waals surface area contributed by atoms with Crippen molar-refractivity contribution in [3.63, 3.8) is 0 Å². The van der Waals surface area contributed by atoms with Crippen molar-refractivity contribution in [1.29, 1.82) is 5.26 Å². The second kappa shape index (κ2) is 7.75. The van der Waals surface area contributed by atoms with Gasteiger partial charge in [0, 0.05) is 6.07 Å². The quantitative estimate of drug-likeness (QED) is 0.741. The van der Waals surface area contributed by atoms with Gasteiger partial charge in [0.2, 0.25) is 0 Å². The molecule has 2 rings (SSSR count). The standard InChI is InChI=1S/C18H18ClNO3/c1-12-4-5-13(2)16(8-12)22-6-7-23-18-15(19)9-14(11-20)10-17(18)21-3/h4-5,8-10H,6-7H2,1-3H3. The molecule has 0 aromatic heterocycles. The van der Waals surface area contributed by atoms with Crippen molar-refractivity contribution in [3.8, 4) is 23.3 Å². The lowest BCUT2D eigenvalue weighted by Crippen LogP contribution is -2.10. The van der Waals surface area contributed by atoms with Gasteiger partial charge in [-0.1, -0.05) is 23.7 Å². The van der Waals surface area contributed by atoms with Crippen molar-refractivity contribution in [1.82, 2.24) is 0 Å². The summed E-state index contributed by atoms with van der Waals surface area (Å²) in [6.07, 6.45) is 0. The van der Waals surface area contributed by atoms with E-state index in [0.717, 1.165) is 16.9 Å². The highest BCUT2D eigenvalue weighted by Gasteiger charge is 2.12. The number of ether oxygens (including phenoxy) is 3. The smallest absolute Gasteiger partial charge is 0.179 e. The van der Waals surface area contributed by atoms with Crippen molar-refractivity contribution in [2.45, 2.75) is 13.8 Å². The second-order valence-corrected chi connectivity index (χ2v) is 5.47. The van der Waals surface area contributed by atoms with E-state index in [1.807, 2.05) is 38.1 Å². The summed E-state index contributed by atoms with van der Waals surface area (Å²) >= 11 is 6.14. The summed E-state index contributed by atoms with van der Waals surface area (Å²) in [6, 6.07) is 11.2. The zero-order chi connectivity index (χ0) is 16.8. The molecule has 0 unspecified atom stereocenters. The van der Waals surface area contributed by atoms with Gasteiger partial charge < -0.3 is 14.2 Å². The third-order valence-electron chi connectivity index (χ3n) is 3.29. The van der Waals surface area contributed by atoms with E-state index < -0.39 is 0 Å². The lowest BCUT2D eigenvalue weighted by Gasteiger charge is -2.14. The molecule has 2 aromatic carbocycles. The Bertz CT molecular complexity index is 738. The van der Waals surface area contributed by atoms with E-state index in [2.05, 4.69) is 0 Å². The third-order valence-corrected chi connectivity index (χ3v) is 3.57. The van der Waals surface area contributed by atoms with Crippen LogP contribution in [0.15, 0.2) is 30.3 Å². The van der Waals surface area contributed by atoms with E-state index in [0.29, 0.717) is 35.3 Å². The van der Waals surface area contributed by atoms with E-state index in [9.17, 15) is 0 Å². The summed E-state index contributed by atoms with van der Waals surface area (Å²) in [6.45, 7) is 4.71. The highest BCUT2D eigenvalue weighted by Crippen LogP contribution is 2.36. The van der Waals surface area contributed by atoms with Crippen molar-refractivity contribution in [3.05, 3.63) is 52.0 Å².